The largest absolute Gasteiger partial charge is 0.353 e. The average Bonchev–Trinajstić information content (AvgIpc) is 3.52. The fourth-order valence-electron chi connectivity index (χ4n) is 3.90. The minimum Gasteiger partial charge on any atom is -0.353 e. The second-order valence-corrected chi connectivity index (χ2v) is 8.13. The lowest BCUT2D eigenvalue weighted by atomic mass is 9.83. The van der Waals surface area contributed by atoms with E-state index in [-0.39, 0.29) is 0 Å². The quantitative estimate of drug-likeness (QED) is 0.811. The Kier molecular flexibility index (Phi) is 4.42. The van der Waals surface area contributed by atoms with Crippen molar-refractivity contribution in [1.82, 2.24) is 19.9 Å². The van der Waals surface area contributed by atoms with Gasteiger partial charge in [0.25, 0.3) is 0 Å². The maximum Gasteiger partial charge on any atom is 0.225 e. The molecule has 2 aromatic rings. The van der Waals surface area contributed by atoms with Crippen molar-refractivity contribution in [3.63, 3.8) is 0 Å². The highest BCUT2D eigenvalue weighted by Crippen LogP contribution is 2.41. The van der Waals surface area contributed by atoms with Gasteiger partial charge in [-0.1, -0.05) is 13.3 Å². The molecule has 0 radical (unpaired) electrons. The molecule has 0 aromatic carbocycles. The predicted molar refractivity (Wildman–Crippen MR) is 106 cm³/mol. The van der Waals surface area contributed by atoms with Gasteiger partial charge >= 0.3 is 0 Å². The van der Waals surface area contributed by atoms with Gasteiger partial charge in [0.15, 0.2) is 0 Å². The minimum atomic E-state index is 0.607. The second-order valence-electron chi connectivity index (χ2n) is 8.13. The van der Waals surface area contributed by atoms with Crippen LogP contribution < -0.4 is 9.80 Å². The van der Waals surface area contributed by atoms with E-state index in [2.05, 4.69) is 32.8 Å². The molecule has 2 aliphatic carbocycles. The molecule has 0 spiro atoms. The number of anilines is 2. The zero-order chi connectivity index (χ0) is 18.2. The number of piperazine rings is 1. The molecule has 0 N–H and O–H groups in total. The Labute approximate surface area is 161 Å². The van der Waals surface area contributed by atoms with Crippen LogP contribution in [0.4, 0.5) is 11.8 Å². The maximum absolute atomic E-state index is 4.95. The first-order valence-electron chi connectivity index (χ1n) is 10.5. The third-order valence-corrected chi connectivity index (χ3v) is 6.20. The highest BCUT2D eigenvalue weighted by atomic mass is 15.3. The minimum absolute atomic E-state index is 0.607. The van der Waals surface area contributed by atoms with Gasteiger partial charge < -0.3 is 9.80 Å². The molecule has 0 bridgehead atoms. The molecule has 27 heavy (non-hydrogen) atoms. The van der Waals surface area contributed by atoms with Crippen molar-refractivity contribution in [1.29, 1.82) is 0 Å². The molecule has 2 aromatic heterocycles. The van der Waals surface area contributed by atoms with Crippen molar-refractivity contribution in [2.75, 3.05) is 36.0 Å². The highest BCUT2D eigenvalue weighted by molar-refractivity contribution is 5.45. The Morgan fingerprint density at radius 1 is 0.889 bits per heavy atom. The lowest BCUT2D eigenvalue weighted by Crippen LogP contribution is -2.47. The van der Waals surface area contributed by atoms with Crippen LogP contribution in [0.5, 0.6) is 0 Å². The van der Waals surface area contributed by atoms with Crippen molar-refractivity contribution in [3.8, 4) is 0 Å². The van der Waals surface area contributed by atoms with Gasteiger partial charge in [0.2, 0.25) is 5.95 Å². The second kappa shape index (κ2) is 7.06. The topological polar surface area (TPSA) is 58.0 Å². The van der Waals surface area contributed by atoms with Gasteiger partial charge in [-0.2, -0.15) is 0 Å². The first-order chi connectivity index (χ1) is 13.3. The molecule has 1 aliphatic heterocycles. The zero-order valence-electron chi connectivity index (χ0n) is 16.1. The van der Waals surface area contributed by atoms with Gasteiger partial charge in [-0.05, 0) is 37.7 Å². The average molecular weight is 364 g/mol. The molecule has 0 unspecified atom stereocenters. The summed E-state index contributed by atoms with van der Waals surface area (Å²) < 4.78 is 0. The Bertz CT molecular complexity index is 789. The van der Waals surface area contributed by atoms with E-state index in [1.807, 2.05) is 12.4 Å². The molecule has 0 amide bonds. The summed E-state index contributed by atoms with van der Waals surface area (Å²) in [5.41, 5.74) is 2.48. The predicted octanol–water partition coefficient (Wildman–Crippen LogP) is 3.30. The summed E-state index contributed by atoms with van der Waals surface area (Å²) in [5, 5.41) is 0. The van der Waals surface area contributed by atoms with Crippen molar-refractivity contribution in [3.05, 3.63) is 35.5 Å². The summed E-state index contributed by atoms with van der Waals surface area (Å²) in [7, 11) is 0. The van der Waals surface area contributed by atoms with Crippen molar-refractivity contribution in [2.24, 2.45) is 0 Å². The van der Waals surface area contributed by atoms with Gasteiger partial charge in [-0.15, -0.1) is 0 Å². The van der Waals surface area contributed by atoms with Gasteiger partial charge in [0, 0.05) is 62.2 Å². The van der Waals surface area contributed by atoms with Crippen LogP contribution in [0.1, 0.15) is 67.9 Å². The van der Waals surface area contributed by atoms with Gasteiger partial charge in [0.05, 0.1) is 0 Å². The van der Waals surface area contributed by atoms with Gasteiger partial charge in [-0.3, -0.25) is 0 Å². The SMILES string of the molecule is CCc1cnc(N2CCN(c3cc(C4CCC4)nc(C4CC4)n3)CC2)nc1. The normalized spacial score (nSPS) is 20.6. The molecule has 3 aliphatic rings. The molecule has 0 atom stereocenters. The van der Waals surface area contributed by atoms with Crippen molar-refractivity contribution < 1.29 is 0 Å². The lowest BCUT2D eigenvalue weighted by Gasteiger charge is -2.36. The lowest BCUT2D eigenvalue weighted by molar-refractivity contribution is 0.409. The van der Waals surface area contributed by atoms with Crippen molar-refractivity contribution in [2.45, 2.75) is 57.3 Å². The molecule has 142 valence electrons. The Balaban J connectivity index is 1.30. The number of nitrogens with zero attached hydrogens (tertiary/aromatic N) is 6. The summed E-state index contributed by atoms with van der Waals surface area (Å²) in [6.07, 6.45) is 11.3. The fourth-order valence-corrected chi connectivity index (χ4v) is 3.90. The number of rotatable bonds is 5. The monoisotopic (exact) mass is 364 g/mol. The van der Waals surface area contributed by atoms with Crippen LogP contribution in [-0.2, 0) is 6.42 Å². The van der Waals surface area contributed by atoms with Gasteiger partial charge in [0.1, 0.15) is 11.6 Å². The van der Waals surface area contributed by atoms with E-state index in [9.17, 15) is 0 Å². The highest BCUT2D eigenvalue weighted by Gasteiger charge is 2.31. The number of aromatic nitrogens is 4. The van der Waals surface area contributed by atoms with E-state index in [0.717, 1.165) is 50.2 Å². The van der Waals surface area contributed by atoms with Crippen LogP contribution >= 0.6 is 0 Å². The zero-order valence-corrected chi connectivity index (χ0v) is 16.1. The molecule has 5 rings (SSSR count). The maximum atomic E-state index is 4.95. The Morgan fingerprint density at radius 3 is 2.19 bits per heavy atom. The van der Waals surface area contributed by atoms with Crippen LogP contribution in [0.3, 0.4) is 0 Å². The Hall–Kier alpha value is -2.24. The van der Waals surface area contributed by atoms with E-state index in [1.54, 1.807) is 0 Å². The van der Waals surface area contributed by atoms with E-state index >= 15 is 0 Å². The number of aryl methyl sites for hydroxylation is 1. The Morgan fingerprint density at radius 2 is 1.59 bits per heavy atom. The first kappa shape index (κ1) is 16.9. The standard InChI is InChI=1S/C21H28N6/c1-2-15-13-22-21(23-14-15)27-10-8-26(9-11-27)19-12-18(16-4-3-5-16)24-20(25-19)17-6-7-17/h12-14,16-17H,2-11H2,1H3. The molecule has 6 nitrogen and oxygen atoms in total. The molecular weight excluding hydrogens is 336 g/mol. The number of hydrogen-bond donors (Lipinski definition) is 0. The molecule has 1 saturated heterocycles. The van der Waals surface area contributed by atoms with Gasteiger partial charge in [-0.25, -0.2) is 19.9 Å². The molecule has 2 saturated carbocycles. The smallest absolute Gasteiger partial charge is 0.225 e. The fraction of sp³-hybridized carbons (Fsp3) is 0.619. The van der Waals surface area contributed by atoms with Crippen LogP contribution in [0.25, 0.3) is 0 Å². The summed E-state index contributed by atoms with van der Waals surface area (Å²) in [6.45, 7) is 5.93. The summed E-state index contributed by atoms with van der Waals surface area (Å²) in [4.78, 5) is 23.7. The molecule has 3 heterocycles. The molecular formula is C21H28N6. The first-order valence-corrected chi connectivity index (χ1v) is 10.5. The van der Waals surface area contributed by atoms with Crippen LogP contribution in [0, 0.1) is 0 Å². The van der Waals surface area contributed by atoms with Crippen LogP contribution in [0.15, 0.2) is 18.5 Å². The summed E-state index contributed by atoms with van der Waals surface area (Å²) in [5.74, 6) is 4.35. The summed E-state index contributed by atoms with van der Waals surface area (Å²) >= 11 is 0. The third-order valence-electron chi connectivity index (χ3n) is 6.20. The third kappa shape index (κ3) is 3.49. The van der Waals surface area contributed by atoms with E-state index in [1.165, 1.54) is 43.4 Å². The van der Waals surface area contributed by atoms with Crippen molar-refractivity contribution >= 4 is 11.8 Å². The van der Waals surface area contributed by atoms with E-state index < -0.39 is 0 Å². The van der Waals surface area contributed by atoms with Crippen LogP contribution in [0.2, 0.25) is 0 Å². The summed E-state index contributed by atoms with van der Waals surface area (Å²) in [6, 6.07) is 2.26. The van der Waals surface area contributed by atoms with E-state index in [0.29, 0.717) is 11.8 Å². The van der Waals surface area contributed by atoms with E-state index in [4.69, 9.17) is 9.97 Å². The molecule has 3 fully saturated rings. The van der Waals surface area contributed by atoms with Crippen LogP contribution in [-0.4, -0.2) is 46.1 Å². The number of hydrogen-bond acceptors (Lipinski definition) is 6. The molecule has 6 heteroatoms.